The van der Waals surface area contributed by atoms with Crippen molar-refractivity contribution < 1.29 is 9.72 Å². The molecule has 0 N–H and O–H groups in total. The van der Waals surface area contributed by atoms with Gasteiger partial charge in [0.05, 0.1) is 10.6 Å². The highest BCUT2D eigenvalue weighted by atomic mass is 32.1. The molecule has 1 aromatic heterocycles. The summed E-state index contributed by atoms with van der Waals surface area (Å²) in [5, 5.41) is 14.3. The third kappa shape index (κ3) is 3.63. The fourth-order valence-electron chi connectivity index (χ4n) is 3.04. The second-order valence-corrected chi connectivity index (χ2v) is 6.97. The summed E-state index contributed by atoms with van der Waals surface area (Å²) >= 11 is 1.60. The lowest BCUT2D eigenvalue weighted by Crippen LogP contribution is -2.35. The summed E-state index contributed by atoms with van der Waals surface area (Å²) in [5.74, 6) is -0.271. The van der Waals surface area contributed by atoms with Crippen LogP contribution in [-0.4, -0.2) is 46.9 Å². The van der Waals surface area contributed by atoms with Crippen LogP contribution in [0.1, 0.15) is 28.0 Å². The van der Waals surface area contributed by atoms with Gasteiger partial charge < -0.3 is 9.80 Å². The summed E-state index contributed by atoms with van der Waals surface area (Å²) in [5.41, 5.74) is 1.57. The van der Waals surface area contributed by atoms with Gasteiger partial charge in [0.25, 0.3) is 11.6 Å². The first-order chi connectivity index (χ1) is 12.0. The highest BCUT2D eigenvalue weighted by Crippen LogP contribution is 2.26. The third-order valence-electron chi connectivity index (χ3n) is 4.31. The number of anilines is 1. The van der Waals surface area contributed by atoms with Gasteiger partial charge in [0.15, 0.2) is 5.13 Å². The quantitative estimate of drug-likeness (QED) is 0.621. The van der Waals surface area contributed by atoms with E-state index in [1.165, 1.54) is 0 Å². The Hall–Kier alpha value is -2.48. The van der Waals surface area contributed by atoms with Crippen LogP contribution in [-0.2, 0) is 0 Å². The van der Waals surface area contributed by atoms with E-state index in [2.05, 4.69) is 9.88 Å². The number of thiazole rings is 1. The maximum Gasteiger partial charge on any atom is 0.285 e. The maximum atomic E-state index is 12.9. The number of benzene rings is 1. The molecule has 0 bridgehead atoms. The van der Waals surface area contributed by atoms with Gasteiger partial charge in [0.1, 0.15) is 5.56 Å². The molecule has 2 heterocycles. The molecule has 0 spiro atoms. The third-order valence-corrected chi connectivity index (χ3v) is 5.33. The zero-order valence-electron chi connectivity index (χ0n) is 14.3. The fraction of sp³-hybridized carbons (Fsp3) is 0.412. The molecule has 3 rings (SSSR count). The van der Waals surface area contributed by atoms with Gasteiger partial charge in [-0.3, -0.25) is 14.9 Å². The monoisotopic (exact) mass is 360 g/mol. The second kappa shape index (κ2) is 7.18. The molecule has 7 nitrogen and oxygen atoms in total. The first-order valence-electron chi connectivity index (χ1n) is 8.17. The molecule has 1 amide bonds. The van der Waals surface area contributed by atoms with Crippen molar-refractivity contribution in [3.05, 3.63) is 50.5 Å². The molecule has 1 aromatic carbocycles. The van der Waals surface area contributed by atoms with Crippen molar-refractivity contribution in [3.63, 3.8) is 0 Å². The van der Waals surface area contributed by atoms with Crippen LogP contribution >= 0.6 is 11.3 Å². The number of nitro benzene ring substituents is 1. The summed E-state index contributed by atoms with van der Waals surface area (Å²) in [6.45, 7) is 6.24. The number of nitrogens with zero attached hydrogens (tertiary/aromatic N) is 4. The Balaban J connectivity index is 1.78. The standard InChI is InChI=1S/C17H20N4O3S/c1-12-5-3-6-14(15(12)21(23)24)16(22)19-7-4-8-20(10-9-19)17-18-13(2)11-25-17/h3,5-6,11H,4,7-10H2,1-2H3. The van der Waals surface area contributed by atoms with Gasteiger partial charge in [-0.25, -0.2) is 4.98 Å². The van der Waals surface area contributed by atoms with Crippen LogP contribution in [0.2, 0.25) is 0 Å². The van der Waals surface area contributed by atoms with Gasteiger partial charge >= 0.3 is 0 Å². The molecule has 1 fully saturated rings. The highest BCUT2D eigenvalue weighted by molar-refractivity contribution is 7.13. The van der Waals surface area contributed by atoms with E-state index in [0.29, 0.717) is 25.2 Å². The first-order valence-corrected chi connectivity index (χ1v) is 9.05. The summed E-state index contributed by atoms with van der Waals surface area (Å²) in [6.07, 6.45) is 0.810. The van der Waals surface area contributed by atoms with Gasteiger partial charge in [-0.15, -0.1) is 11.3 Å². The molecule has 132 valence electrons. The molecule has 8 heteroatoms. The van der Waals surface area contributed by atoms with Crippen LogP contribution < -0.4 is 4.90 Å². The number of carbonyl (C=O) groups excluding carboxylic acids is 1. The van der Waals surface area contributed by atoms with Crippen molar-refractivity contribution in [2.24, 2.45) is 0 Å². The lowest BCUT2D eigenvalue weighted by molar-refractivity contribution is -0.385. The van der Waals surface area contributed by atoms with Gasteiger partial charge in [0, 0.05) is 37.1 Å². The van der Waals surface area contributed by atoms with E-state index in [4.69, 9.17) is 0 Å². The predicted octanol–water partition coefficient (Wildman–Crippen LogP) is 3.02. The van der Waals surface area contributed by atoms with Crippen LogP contribution in [0.25, 0.3) is 0 Å². The van der Waals surface area contributed by atoms with Crippen molar-refractivity contribution in [1.29, 1.82) is 0 Å². The van der Waals surface area contributed by atoms with E-state index >= 15 is 0 Å². The molecular formula is C17H20N4O3S. The largest absolute Gasteiger partial charge is 0.346 e. The van der Waals surface area contributed by atoms with Gasteiger partial charge in [-0.1, -0.05) is 12.1 Å². The Kier molecular flexibility index (Phi) is 4.98. The van der Waals surface area contributed by atoms with Crippen molar-refractivity contribution in [3.8, 4) is 0 Å². The van der Waals surface area contributed by atoms with Crippen molar-refractivity contribution in [1.82, 2.24) is 9.88 Å². The summed E-state index contributed by atoms with van der Waals surface area (Å²) < 4.78 is 0. The Morgan fingerprint density at radius 1 is 1.24 bits per heavy atom. The van der Waals surface area contributed by atoms with E-state index in [1.54, 1.807) is 41.4 Å². The Morgan fingerprint density at radius 2 is 2.04 bits per heavy atom. The van der Waals surface area contributed by atoms with Crippen LogP contribution in [0, 0.1) is 24.0 Å². The van der Waals surface area contributed by atoms with Gasteiger partial charge in [-0.05, 0) is 26.3 Å². The number of nitro groups is 1. The van der Waals surface area contributed by atoms with E-state index in [1.807, 2.05) is 12.3 Å². The average molecular weight is 360 g/mol. The van der Waals surface area contributed by atoms with Crippen molar-refractivity contribution in [2.45, 2.75) is 20.3 Å². The summed E-state index contributed by atoms with van der Waals surface area (Å²) in [6, 6.07) is 4.89. The van der Waals surface area contributed by atoms with Crippen molar-refractivity contribution in [2.75, 3.05) is 31.1 Å². The zero-order chi connectivity index (χ0) is 18.0. The SMILES string of the molecule is Cc1csc(N2CCCN(C(=O)c3cccc(C)c3[N+](=O)[O-])CC2)n1. The molecule has 1 saturated heterocycles. The van der Waals surface area contributed by atoms with E-state index in [0.717, 1.165) is 23.8 Å². The zero-order valence-corrected chi connectivity index (χ0v) is 15.1. The number of aryl methyl sites for hydroxylation is 2. The van der Waals surface area contributed by atoms with E-state index in [9.17, 15) is 14.9 Å². The van der Waals surface area contributed by atoms with Crippen LogP contribution in [0.5, 0.6) is 0 Å². The van der Waals surface area contributed by atoms with Crippen LogP contribution in [0.3, 0.4) is 0 Å². The number of aromatic nitrogens is 1. The van der Waals surface area contributed by atoms with E-state index in [-0.39, 0.29) is 17.2 Å². The van der Waals surface area contributed by atoms with E-state index < -0.39 is 4.92 Å². The molecule has 1 aliphatic rings. The molecular weight excluding hydrogens is 340 g/mol. The lowest BCUT2D eigenvalue weighted by atomic mass is 10.1. The van der Waals surface area contributed by atoms with Gasteiger partial charge in [-0.2, -0.15) is 0 Å². The smallest absolute Gasteiger partial charge is 0.285 e. The number of rotatable bonds is 3. The first kappa shape index (κ1) is 17.3. The second-order valence-electron chi connectivity index (χ2n) is 6.13. The number of amides is 1. The molecule has 1 aliphatic heterocycles. The minimum Gasteiger partial charge on any atom is -0.346 e. The Labute approximate surface area is 150 Å². The molecule has 0 radical (unpaired) electrons. The average Bonchev–Trinajstić information content (AvgIpc) is 2.86. The Morgan fingerprint density at radius 3 is 2.72 bits per heavy atom. The Bertz CT molecular complexity index is 805. The fourth-order valence-corrected chi connectivity index (χ4v) is 3.90. The predicted molar refractivity (Wildman–Crippen MR) is 97.4 cm³/mol. The number of carbonyl (C=O) groups is 1. The van der Waals surface area contributed by atoms with Crippen LogP contribution in [0.15, 0.2) is 23.6 Å². The van der Waals surface area contributed by atoms with Crippen molar-refractivity contribution >= 4 is 28.1 Å². The normalized spacial score (nSPS) is 15.1. The topological polar surface area (TPSA) is 79.6 Å². The molecule has 25 heavy (non-hydrogen) atoms. The molecule has 0 atom stereocenters. The number of para-hydroxylation sites is 1. The summed E-state index contributed by atoms with van der Waals surface area (Å²) in [7, 11) is 0. The number of hydrogen-bond donors (Lipinski definition) is 0. The summed E-state index contributed by atoms with van der Waals surface area (Å²) in [4.78, 5) is 32.1. The minimum atomic E-state index is -0.467. The number of hydrogen-bond acceptors (Lipinski definition) is 6. The molecule has 0 aliphatic carbocycles. The molecule has 2 aromatic rings. The van der Waals surface area contributed by atoms with Crippen LogP contribution in [0.4, 0.5) is 10.8 Å². The maximum absolute atomic E-state index is 12.9. The minimum absolute atomic E-state index is 0.0934. The van der Waals surface area contributed by atoms with Gasteiger partial charge in [0.2, 0.25) is 0 Å². The lowest BCUT2D eigenvalue weighted by Gasteiger charge is -2.22. The molecule has 0 saturated carbocycles. The molecule has 0 unspecified atom stereocenters. The highest BCUT2D eigenvalue weighted by Gasteiger charge is 2.28.